The van der Waals surface area contributed by atoms with Gasteiger partial charge in [-0.3, -0.25) is 0 Å². The van der Waals surface area contributed by atoms with Crippen LogP contribution in [0.2, 0.25) is 0 Å². The van der Waals surface area contributed by atoms with Crippen LogP contribution in [0.4, 0.5) is 0 Å². The highest BCUT2D eigenvalue weighted by Gasteiger charge is 2.01. The third kappa shape index (κ3) is 2.98. The summed E-state index contributed by atoms with van der Waals surface area (Å²) in [5.41, 5.74) is 3.12. The molecule has 0 amide bonds. The van der Waals surface area contributed by atoms with Gasteiger partial charge in [-0.25, -0.2) is 0 Å². The number of ether oxygens (including phenoxy) is 1. The van der Waals surface area contributed by atoms with E-state index in [2.05, 4.69) is 21.7 Å². The standard InChI is InChI=1S/C15H12N2OS/c1-2-4-12(5-3-1)10-18-14-8-6-13(7-9-14)15-11-19-17-16-15/h1-9,11H,10H2. The summed E-state index contributed by atoms with van der Waals surface area (Å²) in [6.45, 7) is 0.582. The maximum absolute atomic E-state index is 5.73. The number of aromatic nitrogens is 2. The Bertz CT molecular complexity index is 621. The van der Waals surface area contributed by atoms with Gasteiger partial charge in [0.15, 0.2) is 0 Å². The first-order valence-corrected chi connectivity index (χ1v) is 6.80. The lowest BCUT2D eigenvalue weighted by Crippen LogP contribution is -1.94. The minimum atomic E-state index is 0.582. The molecule has 0 saturated carbocycles. The molecule has 0 fully saturated rings. The molecule has 4 heteroatoms. The molecule has 3 aromatic rings. The molecular formula is C15H12N2OS. The van der Waals surface area contributed by atoms with Crippen LogP contribution in [0.3, 0.4) is 0 Å². The summed E-state index contributed by atoms with van der Waals surface area (Å²) in [4.78, 5) is 0. The molecule has 0 spiro atoms. The Labute approximate surface area is 115 Å². The van der Waals surface area contributed by atoms with E-state index < -0.39 is 0 Å². The summed E-state index contributed by atoms with van der Waals surface area (Å²) in [7, 11) is 0. The van der Waals surface area contributed by atoms with Crippen molar-refractivity contribution in [2.45, 2.75) is 6.61 Å². The molecule has 0 saturated heterocycles. The Morgan fingerprint density at radius 3 is 2.42 bits per heavy atom. The summed E-state index contributed by atoms with van der Waals surface area (Å²) in [6, 6.07) is 18.0. The van der Waals surface area contributed by atoms with E-state index in [9.17, 15) is 0 Å². The van der Waals surface area contributed by atoms with Gasteiger partial charge >= 0.3 is 0 Å². The van der Waals surface area contributed by atoms with E-state index in [1.807, 2.05) is 47.8 Å². The summed E-state index contributed by atoms with van der Waals surface area (Å²) < 4.78 is 9.59. The Morgan fingerprint density at radius 1 is 0.947 bits per heavy atom. The normalized spacial score (nSPS) is 10.3. The molecule has 0 N–H and O–H groups in total. The van der Waals surface area contributed by atoms with Crippen LogP contribution in [-0.2, 0) is 6.61 Å². The van der Waals surface area contributed by atoms with Crippen LogP contribution in [-0.4, -0.2) is 9.59 Å². The van der Waals surface area contributed by atoms with Crippen LogP contribution in [0.5, 0.6) is 5.75 Å². The van der Waals surface area contributed by atoms with Gasteiger partial charge in [0.05, 0.1) is 0 Å². The highest BCUT2D eigenvalue weighted by atomic mass is 32.1. The van der Waals surface area contributed by atoms with E-state index in [4.69, 9.17) is 4.74 Å². The predicted octanol–water partition coefficient (Wildman–Crippen LogP) is 3.78. The van der Waals surface area contributed by atoms with Crippen molar-refractivity contribution in [3.8, 4) is 17.0 Å². The first-order chi connectivity index (χ1) is 9.42. The van der Waals surface area contributed by atoms with Gasteiger partial charge in [0.25, 0.3) is 0 Å². The number of benzene rings is 2. The second-order valence-corrected chi connectivity index (χ2v) is 4.70. The number of hydrogen-bond acceptors (Lipinski definition) is 4. The molecule has 0 aliphatic rings. The minimum absolute atomic E-state index is 0.582. The Kier molecular flexibility index (Phi) is 3.51. The summed E-state index contributed by atoms with van der Waals surface area (Å²) in [5.74, 6) is 0.857. The van der Waals surface area contributed by atoms with Gasteiger partial charge in [0.2, 0.25) is 0 Å². The SMILES string of the molecule is c1ccc(COc2ccc(-c3csnn3)cc2)cc1. The fraction of sp³-hybridized carbons (Fsp3) is 0.0667. The molecule has 1 aromatic heterocycles. The molecule has 0 bridgehead atoms. The number of hydrogen-bond donors (Lipinski definition) is 0. The summed E-state index contributed by atoms with van der Waals surface area (Å²) in [5, 5.41) is 5.97. The van der Waals surface area contributed by atoms with Crippen LogP contribution in [0.25, 0.3) is 11.3 Å². The van der Waals surface area contributed by atoms with Crippen molar-refractivity contribution < 1.29 is 4.74 Å². The van der Waals surface area contributed by atoms with E-state index in [0.29, 0.717) is 6.61 Å². The zero-order chi connectivity index (χ0) is 12.9. The van der Waals surface area contributed by atoms with E-state index in [-0.39, 0.29) is 0 Å². The highest BCUT2D eigenvalue weighted by molar-refractivity contribution is 7.03. The van der Waals surface area contributed by atoms with Gasteiger partial charge in [0, 0.05) is 10.9 Å². The number of nitrogens with zero attached hydrogens (tertiary/aromatic N) is 2. The second kappa shape index (κ2) is 5.63. The van der Waals surface area contributed by atoms with E-state index in [1.54, 1.807) is 0 Å². The lowest BCUT2D eigenvalue weighted by atomic mass is 10.2. The number of rotatable bonds is 4. The predicted molar refractivity (Wildman–Crippen MR) is 76.1 cm³/mol. The van der Waals surface area contributed by atoms with Gasteiger partial charge < -0.3 is 4.74 Å². The molecule has 0 aliphatic heterocycles. The monoisotopic (exact) mass is 268 g/mol. The fourth-order valence-corrected chi connectivity index (χ4v) is 2.22. The van der Waals surface area contributed by atoms with Crippen molar-refractivity contribution in [1.82, 2.24) is 9.59 Å². The maximum atomic E-state index is 5.73. The molecule has 94 valence electrons. The maximum Gasteiger partial charge on any atom is 0.119 e. The molecule has 2 aromatic carbocycles. The quantitative estimate of drug-likeness (QED) is 0.722. The lowest BCUT2D eigenvalue weighted by Gasteiger charge is -2.06. The smallest absolute Gasteiger partial charge is 0.119 e. The summed E-state index contributed by atoms with van der Waals surface area (Å²) in [6.07, 6.45) is 0. The molecule has 3 rings (SSSR count). The molecular weight excluding hydrogens is 256 g/mol. The highest BCUT2D eigenvalue weighted by Crippen LogP contribution is 2.21. The lowest BCUT2D eigenvalue weighted by molar-refractivity contribution is 0.306. The van der Waals surface area contributed by atoms with E-state index in [0.717, 1.165) is 22.6 Å². The van der Waals surface area contributed by atoms with E-state index >= 15 is 0 Å². The van der Waals surface area contributed by atoms with Gasteiger partial charge in [-0.15, -0.1) is 5.10 Å². The van der Waals surface area contributed by atoms with E-state index in [1.165, 1.54) is 11.5 Å². The zero-order valence-corrected chi connectivity index (χ0v) is 11.0. The zero-order valence-electron chi connectivity index (χ0n) is 10.2. The molecule has 0 atom stereocenters. The Hall–Kier alpha value is -2.20. The first-order valence-electron chi connectivity index (χ1n) is 5.96. The van der Waals surface area contributed by atoms with Crippen molar-refractivity contribution in [3.05, 3.63) is 65.5 Å². The molecule has 0 aliphatic carbocycles. The molecule has 3 nitrogen and oxygen atoms in total. The van der Waals surface area contributed by atoms with Crippen molar-refractivity contribution in [2.75, 3.05) is 0 Å². The van der Waals surface area contributed by atoms with Crippen LogP contribution >= 0.6 is 11.5 Å². The van der Waals surface area contributed by atoms with Gasteiger partial charge in [0.1, 0.15) is 18.1 Å². The third-order valence-corrected chi connectivity index (χ3v) is 3.26. The van der Waals surface area contributed by atoms with Crippen molar-refractivity contribution in [2.24, 2.45) is 0 Å². The average molecular weight is 268 g/mol. The Morgan fingerprint density at radius 2 is 1.74 bits per heavy atom. The summed E-state index contributed by atoms with van der Waals surface area (Å²) >= 11 is 1.35. The molecule has 19 heavy (non-hydrogen) atoms. The van der Waals surface area contributed by atoms with Gasteiger partial charge in [-0.05, 0) is 41.4 Å². The van der Waals surface area contributed by atoms with Crippen molar-refractivity contribution in [1.29, 1.82) is 0 Å². The average Bonchev–Trinajstić information content (AvgIpc) is 3.01. The van der Waals surface area contributed by atoms with Crippen molar-refractivity contribution in [3.63, 3.8) is 0 Å². The Balaban J connectivity index is 1.67. The second-order valence-electron chi connectivity index (χ2n) is 4.09. The van der Waals surface area contributed by atoms with Crippen LogP contribution in [0.15, 0.2) is 60.0 Å². The largest absolute Gasteiger partial charge is 0.489 e. The molecule has 1 heterocycles. The fourth-order valence-electron chi connectivity index (χ4n) is 1.75. The van der Waals surface area contributed by atoms with Crippen molar-refractivity contribution >= 4 is 11.5 Å². The van der Waals surface area contributed by atoms with Crippen LogP contribution < -0.4 is 4.74 Å². The third-order valence-electron chi connectivity index (χ3n) is 2.76. The minimum Gasteiger partial charge on any atom is -0.489 e. The van der Waals surface area contributed by atoms with Gasteiger partial charge in [-0.2, -0.15) is 0 Å². The topological polar surface area (TPSA) is 35.0 Å². The molecule has 0 unspecified atom stereocenters. The molecule has 0 radical (unpaired) electrons. The van der Waals surface area contributed by atoms with Crippen LogP contribution in [0, 0.1) is 0 Å². The van der Waals surface area contributed by atoms with Crippen LogP contribution in [0.1, 0.15) is 5.56 Å². The first kappa shape index (κ1) is 11.9. The van der Waals surface area contributed by atoms with Gasteiger partial charge in [-0.1, -0.05) is 34.8 Å².